The van der Waals surface area contributed by atoms with Gasteiger partial charge in [-0.1, -0.05) is 30.3 Å². The molecule has 2 saturated heterocycles. The maximum atomic E-state index is 12.2. The molecule has 2 atom stereocenters. The van der Waals surface area contributed by atoms with Gasteiger partial charge in [-0.3, -0.25) is 9.80 Å². The second kappa shape index (κ2) is 7.95. The largest absolute Gasteiger partial charge is 0.383 e. The highest BCUT2D eigenvalue weighted by atomic mass is 32.2. The summed E-state index contributed by atoms with van der Waals surface area (Å²) in [6.07, 6.45) is 2.13. The molecule has 134 valence electrons. The van der Waals surface area contributed by atoms with E-state index in [2.05, 4.69) is 34.1 Å². The van der Waals surface area contributed by atoms with Crippen molar-refractivity contribution >= 4 is 9.84 Å². The molecule has 0 amide bonds. The van der Waals surface area contributed by atoms with Gasteiger partial charge < -0.3 is 4.74 Å². The van der Waals surface area contributed by atoms with Crippen molar-refractivity contribution in [1.82, 2.24) is 9.80 Å². The number of fused-ring (bicyclic) bond motifs is 1. The van der Waals surface area contributed by atoms with Crippen molar-refractivity contribution in [1.29, 1.82) is 0 Å². The molecule has 0 bridgehead atoms. The average Bonchev–Trinajstić information content (AvgIpc) is 2.90. The number of sulfone groups is 1. The van der Waals surface area contributed by atoms with Gasteiger partial charge in [0, 0.05) is 38.8 Å². The summed E-state index contributed by atoms with van der Waals surface area (Å²) in [5.41, 5.74) is 1.35. The van der Waals surface area contributed by atoms with Gasteiger partial charge >= 0.3 is 0 Å². The Labute approximate surface area is 145 Å². The van der Waals surface area contributed by atoms with Crippen LogP contribution in [0.5, 0.6) is 0 Å². The van der Waals surface area contributed by atoms with E-state index in [4.69, 9.17) is 4.74 Å². The lowest BCUT2D eigenvalue weighted by molar-refractivity contribution is 0.0289. The van der Waals surface area contributed by atoms with E-state index in [0.717, 1.165) is 39.0 Å². The van der Waals surface area contributed by atoms with Crippen molar-refractivity contribution in [2.24, 2.45) is 0 Å². The Bertz CT molecular complexity index is 620. The number of hydrogen-bond donors (Lipinski definition) is 0. The number of hydrogen-bond acceptors (Lipinski definition) is 5. The molecule has 2 heterocycles. The summed E-state index contributed by atoms with van der Waals surface area (Å²) < 4.78 is 29.5. The summed E-state index contributed by atoms with van der Waals surface area (Å²) in [4.78, 5) is 4.72. The molecular formula is C18H28N2O3S. The summed E-state index contributed by atoms with van der Waals surface area (Å²) in [5.74, 6) is 0.614. The molecule has 0 aliphatic carbocycles. The summed E-state index contributed by atoms with van der Waals surface area (Å²) in [6, 6.07) is 10.8. The van der Waals surface area contributed by atoms with Crippen LogP contribution >= 0.6 is 0 Å². The van der Waals surface area contributed by atoms with E-state index < -0.39 is 9.84 Å². The van der Waals surface area contributed by atoms with Crippen LogP contribution in [0.2, 0.25) is 0 Å². The SMILES string of the molecule is COCCN1CCN(CCCc2ccccc2)[C@H]2CS(=O)(=O)C[C@H]21. The van der Waals surface area contributed by atoms with E-state index in [0.29, 0.717) is 18.1 Å². The maximum absolute atomic E-state index is 12.2. The predicted molar refractivity (Wildman–Crippen MR) is 96.0 cm³/mol. The fraction of sp³-hybridized carbons (Fsp3) is 0.667. The first-order valence-electron chi connectivity index (χ1n) is 8.80. The van der Waals surface area contributed by atoms with Crippen LogP contribution in [0.1, 0.15) is 12.0 Å². The smallest absolute Gasteiger partial charge is 0.153 e. The third-order valence-corrected chi connectivity index (χ3v) is 6.94. The molecule has 2 aliphatic rings. The fourth-order valence-corrected chi connectivity index (χ4v) is 6.03. The van der Waals surface area contributed by atoms with Crippen LogP contribution in [-0.2, 0) is 21.0 Å². The molecule has 1 aromatic rings. The third-order valence-electron chi connectivity index (χ3n) is 5.24. The standard InChI is InChI=1S/C18H28N2O3S/c1-23-13-12-20-11-10-19(17-14-24(21,22)15-18(17)20)9-5-8-16-6-3-2-4-7-16/h2-4,6-7,17-18H,5,8-15H2,1H3/t17-,18+/m0/s1. The number of rotatable bonds is 7. The number of ether oxygens (including phenoxy) is 1. The van der Waals surface area contributed by atoms with E-state index in [1.165, 1.54) is 5.56 Å². The molecule has 0 aromatic heterocycles. The first-order chi connectivity index (χ1) is 11.6. The van der Waals surface area contributed by atoms with Crippen LogP contribution in [0.4, 0.5) is 0 Å². The molecule has 0 radical (unpaired) electrons. The number of aryl methyl sites for hydroxylation is 1. The highest BCUT2D eigenvalue weighted by Crippen LogP contribution is 2.27. The zero-order valence-electron chi connectivity index (χ0n) is 14.4. The minimum atomic E-state index is -2.92. The van der Waals surface area contributed by atoms with E-state index >= 15 is 0 Å². The number of methoxy groups -OCH3 is 1. The van der Waals surface area contributed by atoms with Crippen LogP contribution in [-0.4, -0.2) is 81.7 Å². The van der Waals surface area contributed by atoms with E-state index in [-0.39, 0.29) is 12.1 Å². The Morgan fingerprint density at radius 2 is 1.67 bits per heavy atom. The molecule has 24 heavy (non-hydrogen) atoms. The zero-order chi connectivity index (χ0) is 17.0. The Balaban J connectivity index is 1.58. The van der Waals surface area contributed by atoms with Gasteiger partial charge in [0.2, 0.25) is 0 Å². The maximum Gasteiger partial charge on any atom is 0.153 e. The van der Waals surface area contributed by atoms with Crippen LogP contribution in [0, 0.1) is 0 Å². The highest BCUT2D eigenvalue weighted by molar-refractivity contribution is 7.91. The molecule has 1 aromatic carbocycles. The second-order valence-electron chi connectivity index (χ2n) is 6.87. The summed E-state index contributed by atoms with van der Waals surface area (Å²) >= 11 is 0. The van der Waals surface area contributed by atoms with Crippen molar-refractivity contribution < 1.29 is 13.2 Å². The van der Waals surface area contributed by atoms with Gasteiger partial charge in [0.1, 0.15) is 0 Å². The molecular weight excluding hydrogens is 324 g/mol. The number of piperazine rings is 1. The second-order valence-corrected chi connectivity index (χ2v) is 9.02. The molecule has 3 rings (SSSR count). The van der Waals surface area contributed by atoms with Gasteiger partial charge in [-0.05, 0) is 24.9 Å². The van der Waals surface area contributed by atoms with Gasteiger partial charge in [-0.2, -0.15) is 0 Å². The van der Waals surface area contributed by atoms with Crippen LogP contribution in [0.3, 0.4) is 0 Å². The fourth-order valence-electron chi connectivity index (χ4n) is 3.99. The van der Waals surface area contributed by atoms with Crippen molar-refractivity contribution in [3.8, 4) is 0 Å². The van der Waals surface area contributed by atoms with Gasteiger partial charge in [0.05, 0.1) is 18.1 Å². The molecule has 2 fully saturated rings. The monoisotopic (exact) mass is 352 g/mol. The quantitative estimate of drug-likeness (QED) is 0.734. The minimum Gasteiger partial charge on any atom is -0.383 e. The first-order valence-corrected chi connectivity index (χ1v) is 10.6. The van der Waals surface area contributed by atoms with Crippen molar-refractivity contribution in [3.05, 3.63) is 35.9 Å². The van der Waals surface area contributed by atoms with Gasteiger partial charge in [-0.25, -0.2) is 8.42 Å². The minimum absolute atomic E-state index is 0.135. The molecule has 0 unspecified atom stereocenters. The van der Waals surface area contributed by atoms with E-state index in [1.54, 1.807) is 7.11 Å². The lowest BCUT2D eigenvalue weighted by atomic mass is 10.0. The Morgan fingerprint density at radius 1 is 1.04 bits per heavy atom. The Hall–Kier alpha value is -0.950. The molecule has 5 nitrogen and oxygen atoms in total. The average molecular weight is 353 g/mol. The number of nitrogens with zero attached hydrogens (tertiary/aromatic N) is 2. The van der Waals surface area contributed by atoms with Crippen molar-refractivity contribution in [3.63, 3.8) is 0 Å². The van der Waals surface area contributed by atoms with Gasteiger partial charge in [0.15, 0.2) is 9.84 Å². The summed E-state index contributed by atoms with van der Waals surface area (Å²) in [7, 11) is -1.22. The van der Waals surface area contributed by atoms with Crippen LogP contribution < -0.4 is 0 Å². The van der Waals surface area contributed by atoms with Gasteiger partial charge in [-0.15, -0.1) is 0 Å². The van der Waals surface area contributed by atoms with Crippen molar-refractivity contribution in [2.45, 2.75) is 24.9 Å². The molecule has 0 spiro atoms. The van der Waals surface area contributed by atoms with Crippen molar-refractivity contribution in [2.75, 3.05) is 51.4 Å². The predicted octanol–water partition coefficient (Wildman–Crippen LogP) is 1.05. The zero-order valence-corrected chi connectivity index (χ0v) is 15.2. The van der Waals surface area contributed by atoms with E-state index in [1.807, 2.05) is 6.07 Å². The lowest BCUT2D eigenvalue weighted by Gasteiger charge is -2.44. The lowest BCUT2D eigenvalue weighted by Crippen LogP contribution is -2.59. The molecule has 0 saturated carbocycles. The summed E-state index contributed by atoms with van der Waals surface area (Å²) in [6.45, 7) is 4.35. The topological polar surface area (TPSA) is 49.9 Å². The first kappa shape index (κ1) is 17.9. The Morgan fingerprint density at radius 3 is 2.29 bits per heavy atom. The normalized spacial score (nSPS) is 27.2. The number of benzene rings is 1. The highest BCUT2D eigenvalue weighted by Gasteiger charge is 2.45. The summed E-state index contributed by atoms with van der Waals surface area (Å²) in [5, 5.41) is 0. The third kappa shape index (κ3) is 4.36. The molecule has 6 heteroatoms. The van der Waals surface area contributed by atoms with Gasteiger partial charge in [0.25, 0.3) is 0 Å². The van der Waals surface area contributed by atoms with Crippen LogP contribution in [0.25, 0.3) is 0 Å². The molecule has 0 N–H and O–H groups in total. The van der Waals surface area contributed by atoms with E-state index in [9.17, 15) is 8.42 Å². The Kier molecular flexibility index (Phi) is 5.92. The van der Waals surface area contributed by atoms with Crippen LogP contribution in [0.15, 0.2) is 30.3 Å². The molecule has 2 aliphatic heterocycles.